The molecule has 0 aliphatic rings. The molecule has 2 aromatic rings. The molecule has 0 aliphatic heterocycles. The van der Waals surface area contributed by atoms with Crippen molar-refractivity contribution in [2.75, 3.05) is 0 Å². The summed E-state index contributed by atoms with van der Waals surface area (Å²) >= 11 is 24.0. The molecule has 0 unspecified atom stereocenters. The molecule has 0 bridgehead atoms. The van der Waals surface area contributed by atoms with Crippen molar-refractivity contribution in [1.29, 1.82) is 0 Å². The highest BCUT2D eigenvalue weighted by Crippen LogP contribution is 2.37. The predicted octanol–water partition coefficient (Wildman–Crippen LogP) is 4.85. The van der Waals surface area contributed by atoms with Gasteiger partial charge >= 0.3 is 0 Å². The molecule has 0 aliphatic carbocycles. The van der Waals surface area contributed by atoms with Gasteiger partial charge < -0.3 is 5.11 Å². The monoisotopic (exact) mass is 321 g/mol. The van der Waals surface area contributed by atoms with Crippen LogP contribution in [0.4, 0.5) is 0 Å². The Balaban J connectivity index is 2.58. The Kier molecular flexibility index (Phi) is 4.36. The average Bonchev–Trinajstić information content (AvgIpc) is 2.33. The van der Waals surface area contributed by atoms with Crippen molar-refractivity contribution < 1.29 is 5.11 Å². The number of aliphatic hydroxyl groups excluding tert-OH is 1. The van der Waals surface area contributed by atoms with E-state index in [1.807, 2.05) is 0 Å². The molecule has 0 saturated carbocycles. The van der Waals surface area contributed by atoms with Gasteiger partial charge in [0.25, 0.3) is 0 Å². The van der Waals surface area contributed by atoms with Crippen molar-refractivity contribution >= 4 is 46.4 Å². The number of hydrogen-bond donors (Lipinski definition) is 1. The normalized spacial score (nSPS) is 10.7. The summed E-state index contributed by atoms with van der Waals surface area (Å²) in [4.78, 5) is 4.05. The highest BCUT2D eigenvalue weighted by molar-refractivity contribution is 6.45. The summed E-state index contributed by atoms with van der Waals surface area (Å²) in [5, 5.41) is 10.6. The Labute approximate surface area is 124 Å². The van der Waals surface area contributed by atoms with Gasteiger partial charge in [-0.1, -0.05) is 46.4 Å². The molecule has 6 heteroatoms. The van der Waals surface area contributed by atoms with Gasteiger partial charge in [-0.2, -0.15) is 0 Å². The van der Waals surface area contributed by atoms with Gasteiger partial charge in [-0.25, -0.2) is 0 Å². The summed E-state index contributed by atoms with van der Waals surface area (Å²) in [6.45, 7) is -0.219. The number of rotatable bonds is 2. The standard InChI is InChI=1S/C12H7Cl4NO/c13-7-2-8(12(16)10(15)3-7)6-1-9(14)11(5-18)17-4-6/h1-4,18H,5H2. The second-order valence-corrected chi connectivity index (χ2v) is 5.19. The predicted molar refractivity (Wildman–Crippen MR) is 75.6 cm³/mol. The van der Waals surface area contributed by atoms with Crippen molar-refractivity contribution in [3.63, 3.8) is 0 Å². The maximum Gasteiger partial charge on any atom is 0.0868 e. The Morgan fingerprint density at radius 2 is 1.72 bits per heavy atom. The number of hydrogen-bond acceptors (Lipinski definition) is 2. The molecular formula is C12H7Cl4NO. The smallest absolute Gasteiger partial charge is 0.0868 e. The molecule has 1 aromatic heterocycles. The summed E-state index contributed by atoms with van der Waals surface area (Å²) < 4.78 is 0. The largest absolute Gasteiger partial charge is 0.390 e. The molecule has 0 fully saturated rings. The van der Waals surface area contributed by atoms with Crippen LogP contribution in [-0.4, -0.2) is 10.1 Å². The van der Waals surface area contributed by atoms with Crippen LogP contribution in [0.3, 0.4) is 0 Å². The van der Waals surface area contributed by atoms with Crippen molar-refractivity contribution in [2.45, 2.75) is 6.61 Å². The summed E-state index contributed by atoms with van der Waals surface area (Å²) in [7, 11) is 0. The van der Waals surface area contributed by atoms with Crippen molar-refractivity contribution in [3.8, 4) is 11.1 Å². The zero-order valence-electron chi connectivity index (χ0n) is 8.92. The molecule has 18 heavy (non-hydrogen) atoms. The van der Waals surface area contributed by atoms with Crippen molar-refractivity contribution in [3.05, 3.63) is 50.2 Å². The minimum absolute atomic E-state index is 0.219. The van der Waals surface area contributed by atoms with Gasteiger partial charge in [0.2, 0.25) is 0 Å². The van der Waals surface area contributed by atoms with E-state index < -0.39 is 0 Å². The third-order valence-corrected chi connectivity index (χ3v) is 3.72. The molecule has 1 N–H and O–H groups in total. The van der Waals surface area contributed by atoms with Crippen LogP contribution >= 0.6 is 46.4 Å². The van der Waals surface area contributed by atoms with E-state index in [0.29, 0.717) is 36.9 Å². The van der Waals surface area contributed by atoms with E-state index in [0.717, 1.165) is 0 Å². The van der Waals surface area contributed by atoms with Crippen LogP contribution in [-0.2, 0) is 6.61 Å². The lowest BCUT2D eigenvalue weighted by Crippen LogP contribution is -1.92. The van der Waals surface area contributed by atoms with E-state index in [4.69, 9.17) is 51.5 Å². The van der Waals surface area contributed by atoms with Crippen LogP contribution in [0.1, 0.15) is 5.69 Å². The first kappa shape index (κ1) is 13.9. The van der Waals surface area contributed by atoms with Gasteiger partial charge in [0.15, 0.2) is 0 Å². The lowest BCUT2D eigenvalue weighted by Gasteiger charge is -2.08. The SMILES string of the molecule is OCc1ncc(-c2cc(Cl)cc(Cl)c2Cl)cc1Cl. The van der Waals surface area contributed by atoms with Crippen LogP contribution < -0.4 is 0 Å². The quantitative estimate of drug-likeness (QED) is 0.801. The fraction of sp³-hybridized carbons (Fsp3) is 0.0833. The van der Waals surface area contributed by atoms with E-state index in [1.54, 1.807) is 24.4 Å². The summed E-state index contributed by atoms with van der Waals surface area (Å²) in [5.41, 5.74) is 1.74. The molecule has 1 aromatic carbocycles. The molecule has 0 atom stereocenters. The maximum absolute atomic E-state index is 9.01. The number of pyridine rings is 1. The maximum atomic E-state index is 9.01. The Hall–Kier alpha value is -0.510. The van der Waals surface area contributed by atoms with Gasteiger partial charge in [0.1, 0.15) is 0 Å². The van der Waals surface area contributed by atoms with Crippen LogP contribution in [0, 0.1) is 0 Å². The van der Waals surface area contributed by atoms with Gasteiger partial charge in [-0.3, -0.25) is 4.98 Å². The van der Waals surface area contributed by atoms with Crippen LogP contribution in [0.15, 0.2) is 24.4 Å². The first-order valence-electron chi connectivity index (χ1n) is 4.93. The number of nitrogens with zero attached hydrogens (tertiary/aromatic N) is 1. The van der Waals surface area contributed by atoms with E-state index in [1.165, 1.54) is 0 Å². The number of aliphatic hydroxyl groups is 1. The summed E-state index contributed by atoms with van der Waals surface area (Å²) in [6.07, 6.45) is 1.56. The number of benzene rings is 1. The van der Waals surface area contributed by atoms with Gasteiger partial charge in [-0.05, 0) is 18.2 Å². The molecule has 0 amide bonds. The van der Waals surface area contributed by atoms with Crippen molar-refractivity contribution in [2.24, 2.45) is 0 Å². The first-order valence-corrected chi connectivity index (χ1v) is 6.44. The second kappa shape index (κ2) is 5.64. The van der Waals surface area contributed by atoms with Crippen LogP contribution in [0.5, 0.6) is 0 Å². The molecule has 0 saturated heterocycles. The topological polar surface area (TPSA) is 33.1 Å². The van der Waals surface area contributed by atoms with E-state index in [-0.39, 0.29) is 6.61 Å². The van der Waals surface area contributed by atoms with Crippen LogP contribution in [0.2, 0.25) is 20.1 Å². The molecule has 94 valence electrons. The van der Waals surface area contributed by atoms with Gasteiger partial charge in [0.05, 0.1) is 27.4 Å². The minimum Gasteiger partial charge on any atom is -0.390 e. The molecule has 0 spiro atoms. The first-order chi connectivity index (χ1) is 8.52. The third-order valence-electron chi connectivity index (χ3n) is 2.37. The number of halogens is 4. The van der Waals surface area contributed by atoms with E-state index in [9.17, 15) is 0 Å². The number of aromatic nitrogens is 1. The third kappa shape index (κ3) is 2.73. The van der Waals surface area contributed by atoms with Gasteiger partial charge in [0, 0.05) is 22.3 Å². The molecular weight excluding hydrogens is 316 g/mol. The highest BCUT2D eigenvalue weighted by Gasteiger charge is 2.11. The fourth-order valence-electron chi connectivity index (χ4n) is 1.50. The Bertz CT molecular complexity index is 601. The zero-order valence-corrected chi connectivity index (χ0v) is 11.9. The molecule has 0 radical (unpaired) electrons. The Morgan fingerprint density at radius 3 is 2.33 bits per heavy atom. The summed E-state index contributed by atoms with van der Waals surface area (Å²) in [5.74, 6) is 0. The lowest BCUT2D eigenvalue weighted by molar-refractivity contribution is 0.277. The van der Waals surface area contributed by atoms with Crippen LogP contribution in [0.25, 0.3) is 11.1 Å². The Morgan fingerprint density at radius 1 is 1.00 bits per heavy atom. The minimum atomic E-state index is -0.219. The van der Waals surface area contributed by atoms with E-state index in [2.05, 4.69) is 4.98 Å². The molecule has 2 nitrogen and oxygen atoms in total. The fourth-order valence-corrected chi connectivity index (χ4v) is 2.43. The second-order valence-electron chi connectivity index (χ2n) is 3.56. The molecule has 2 rings (SSSR count). The average molecular weight is 323 g/mol. The van der Waals surface area contributed by atoms with Crippen molar-refractivity contribution in [1.82, 2.24) is 4.98 Å². The lowest BCUT2D eigenvalue weighted by atomic mass is 10.1. The summed E-state index contributed by atoms with van der Waals surface area (Å²) in [6, 6.07) is 4.90. The highest BCUT2D eigenvalue weighted by atomic mass is 35.5. The van der Waals surface area contributed by atoms with E-state index >= 15 is 0 Å². The zero-order chi connectivity index (χ0) is 13.3. The van der Waals surface area contributed by atoms with Gasteiger partial charge in [-0.15, -0.1) is 0 Å². The molecule has 1 heterocycles.